The quantitative estimate of drug-likeness (QED) is 0.390. The Balaban J connectivity index is 1.40. The maximum absolute atomic E-state index is 13.9. The molecule has 1 aromatic heterocycles. The van der Waals surface area contributed by atoms with Crippen LogP contribution in [0, 0.1) is 6.92 Å². The van der Waals surface area contributed by atoms with Gasteiger partial charge in [-0.2, -0.15) is 0 Å². The molecule has 5 rings (SSSR count). The third-order valence-electron chi connectivity index (χ3n) is 7.07. The highest BCUT2D eigenvalue weighted by Crippen LogP contribution is 2.33. The van der Waals surface area contributed by atoms with Crippen LogP contribution in [0.2, 0.25) is 0 Å². The Morgan fingerprint density at radius 1 is 0.944 bits per heavy atom. The van der Waals surface area contributed by atoms with Crippen molar-refractivity contribution in [2.24, 2.45) is 0 Å². The summed E-state index contributed by atoms with van der Waals surface area (Å²) in [6.07, 6.45) is 5.17. The normalized spacial score (nSPS) is 15.0. The zero-order valence-corrected chi connectivity index (χ0v) is 21.5. The highest BCUT2D eigenvalue weighted by Gasteiger charge is 2.31. The van der Waals surface area contributed by atoms with Crippen LogP contribution in [0.15, 0.2) is 60.0 Å². The lowest BCUT2D eigenvalue weighted by Crippen LogP contribution is -2.48. The van der Waals surface area contributed by atoms with Crippen LogP contribution in [0.25, 0.3) is 0 Å². The van der Waals surface area contributed by atoms with Crippen molar-refractivity contribution in [2.45, 2.75) is 58.2 Å². The Kier molecular flexibility index (Phi) is 7.56. The lowest BCUT2D eigenvalue weighted by atomic mass is 9.93. The Labute approximate surface area is 216 Å². The SMILES string of the molecule is Cc1ccsc1CN(Cc1ccccc1)C(=O)CN(C(=O)c1ccc2c(c1)OCO2)C1CCCCC1. The Morgan fingerprint density at radius 2 is 1.72 bits per heavy atom. The van der Waals surface area contributed by atoms with Crippen molar-refractivity contribution in [2.75, 3.05) is 13.3 Å². The average molecular weight is 505 g/mol. The van der Waals surface area contributed by atoms with Gasteiger partial charge in [0.15, 0.2) is 11.5 Å². The van der Waals surface area contributed by atoms with E-state index in [1.54, 1.807) is 34.4 Å². The summed E-state index contributed by atoms with van der Waals surface area (Å²) in [4.78, 5) is 32.5. The van der Waals surface area contributed by atoms with Crippen LogP contribution in [0.4, 0.5) is 0 Å². The molecule has 36 heavy (non-hydrogen) atoms. The Morgan fingerprint density at radius 3 is 2.47 bits per heavy atom. The topological polar surface area (TPSA) is 59.1 Å². The number of carbonyl (C=O) groups excluding carboxylic acids is 2. The van der Waals surface area contributed by atoms with Gasteiger partial charge in [-0.25, -0.2) is 0 Å². The van der Waals surface area contributed by atoms with Gasteiger partial charge in [-0.05, 0) is 60.5 Å². The molecule has 1 aliphatic heterocycles. The number of thiophene rings is 1. The van der Waals surface area contributed by atoms with Crippen LogP contribution >= 0.6 is 11.3 Å². The molecule has 2 aliphatic rings. The summed E-state index contributed by atoms with van der Waals surface area (Å²) in [7, 11) is 0. The van der Waals surface area contributed by atoms with Gasteiger partial charge >= 0.3 is 0 Å². The molecule has 2 heterocycles. The zero-order valence-electron chi connectivity index (χ0n) is 20.7. The molecule has 0 spiro atoms. The van der Waals surface area contributed by atoms with Gasteiger partial charge in [0.25, 0.3) is 5.91 Å². The lowest BCUT2D eigenvalue weighted by Gasteiger charge is -2.35. The average Bonchev–Trinajstić information content (AvgIpc) is 3.55. The molecule has 0 bridgehead atoms. The van der Waals surface area contributed by atoms with Gasteiger partial charge in [-0.15, -0.1) is 11.3 Å². The highest BCUT2D eigenvalue weighted by molar-refractivity contribution is 7.10. The second-order valence-electron chi connectivity index (χ2n) is 9.56. The molecule has 0 radical (unpaired) electrons. The maximum Gasteiger partial charge on any atom is 0.254 e. The molecule has 1 fully saturated rings. The van der Waals surface area contributed by atoms with Crippen LogP contribution in [0.5, 0.6) is 11.5 Å². The molecular weight excluding hydrogens is 472 g/mol. The van der Waals surface area contributed by atoms with E-state index in [1.807, 2.05) is 35.2 Å². The van der Waals surface area contributed by atoms with Gasteiger partial charge in [0.1, 0.15) is 6.54 Å². The van der Waals surface area contributed by atoms with Crippen LogP contribution in [-0.4, -0.2) is 41.0 Å². The molecular formula is C29H32N2O4S. The van der Waals surface area contributed by atoms with E-state index in [9.17, 15) is 9.59 Å². The number of hydrogen-bond donors (Lipinski definition) is 0. The number of fused-ring (bicyclic) bond motifs is 1. The van der Waals surface area contributed by atoms with E-state index in [0.29, 0.717) is 30.2 Å². The van der Waals surface area contributed by atoms with Crippen molar-refractivity contribution >= 4 is 23.2 Å². The molecule has 0 N–H and O–H groups in total. The predicted molar refractivity (Wildman–Crippen MR) is 140 cm³/mol. The number of rotatable bonds is 8. The summed E-state index contributed by atoms with van der Waals surface area (Å²) >= 11 is 1.67. The fourth-order valence-corrected chi connectivity index (χ4v) is 5.90. The van der Waals surface area contributed by atoms with Gasteiger partial charge in [0.2, 0.25) is 12.7 Å². The first kappa shape index (κ1) is 24.4. The molecule has 0 saturated heterocycles. The minimum absolute atomic E-state index is 0.0358. The monoisotopic (exact) mass is 504 g/mol. The maximum atomic E-state index is 13.9. The van der Waals surface area contributed by atoms with Gasteiger partial charge in [0, 0.05) is 23.0 Å². The number of aryl methyl sites for hydroxylation is 1. The lowest BCUT2D eigenvalue weighted by molar-refractivity contribution is -0.133. The van der Waals surface area contributed by atoms with Crippen molar-refractivity contribution in [1.29, 1.82) is 0 Å². The molecule has 188 valence electrons. The molecule has 1 aliphatic carbocycles. The first-order chi connectivity index (χ1) is 17.6. The molecule has 6 nitrogen and oxygen atoms in total. The van der Waals surface area contributed by atoms with E-state index >= 15 is 0 Å². The first-order valence-corrected chi connectivity index (χ1v) is 13.5. The molecule has 0 unspecified atom stereocenters. The van der Waals surface area contributed by atoms with Crippen molar-refractivity contribution in [3.05, 3.63) is 81.5 Å². The van der Waals surface area contributed by atoms with Crippen LogP contribution in [0.3, 0.4) is 0 Å². The standard InChI is InChI=1S/C29H32N2O4S/c1-21-14-15-36-27(21)18-30(17-22-8-4-2-5-9-22)28(32)19-31(24-10-6-3-7-11-24)29(33)23-12-13-25-26(16-23)35-20-34-25/h2,4-5,8-9,12-16,24H,3,6-7,10-11,17-20H2,1H3. The van der Waals surface area contributed by atoms with Crippen LogP contribution in [-0.2, 0) is 17.9 Å². The number of hydrogen-bond acceptors (Lipinski definition) is 5. The van der Waals surface area contributed by atoms with Crippen molar-refractivity contribution in [3.8, 4) is 11.5 Å². The fourth-order valence-electron chi connectivity index (χ4n) is 4.98. The van der Waals surface area contributed by atoms with Crippen molar-refractivity contribution in [3.63, 3.8) is 0 Å². The Bertz CT molecular complexity index is 1200. The second-order valence-corrected chi connectivity index (χ2v) is 10.6. The smallest absolute Gasteiger partial charge is 0.254 e. The first-order valence-electron chi connectivity index (χ1n) is 12.6. The van der Waals surface area contributed by atoms with Crippen molar-refractivity contribution in [1.82, 2.24) is 9.80 Å². The highest BCUT2D eigenvalue weighted by atomic mass is 32.1. The van der Waals surface area contributed by atoms with Gasteiger partial charge in [0.05, 0.1) is 6.54 Å². The van der Waals surface area contributed by atoms with Crippen molar-refractivity contribution < 1.29 is 19.1 Å². The summed E-state index contributed by atoms with van der Waals surface area (Å²) < 4.78 is 10.9. The summed E-state index contributed by atoms with van der Waals surface area (Å²) in [5, 5.41) is 2.06. The molecule has 1 saturated carbocycles. The number of amides is 2. The van der Waals surface area contributed by atoms with Crippen LogP contribution in [0.1, 0.15) is 58.5 Å². The van der Waals surface area contributed by atoms with E-state index in [1.165, 1.54) is 16.9 Å². The molecule has 7 heteroatoms. The minimum atomic E-state index is -0.125. The van der Waals surface area contributed by atoms with Gasteiger partial charge in [-0.1, -0.05) is 49.6 Å². The van der Waals surface area contributed by atoms with E-state index < -0.39 is 0 Å². The van der Waals surface area contributed by atoms with Gasteiger partial charge < -0.3 is 19.3 Å². The third-order valence-corrected chi connectivity index (χ3v) is 8.08. The summed E-state index contributed by atoms with van der Waals surface area (Å²) in [5.74, 6) is 1.06. The summed E-state index contributed by atoms with van der Waals surface area (Å²) in [6, 6.07) is 17.5. The van der Waals surface area contributed by atoms with E-state index in [-0.39, 0.29) is 31.2 Å². The Hall–Kier alpha value is -3.32. The predicted octanol–water partition coefficient (Wildman–Crippen LogP) is 5.79. The third kappa shape index (κ3) is 5.57. The van der Waals surface area contributed by atoms with Crippen LogP contribution < -0.4 is 9.47 Å². The molecule has 3 aromatic rings. The molecule has 0 atom stereocenters. The largest absolute Gasteiger partial charge is 0.454 e. The number of ether oxygens (including phenoxy) is 2. The van der Waals surface area contributed by atoms with E-state index in [2.05, 4.69) is 18.4 Å². The number of nitrogens with zero attached hydrogens (tertiary/aromatic N) is 2. The summed E-state index contributed by atoms with van der Waals surface area (Å²) in [5.41, 5.74) is 2.79. The zero-order chi connectivity index (χ0) is 24.9. The van der Waals surface area contributed by atoms with E-state index in [4.69, 9.17) is 9.47 Å². The number of benzene rings is 2. The van der Waals surface area contributed by atoms with Gasteiger partial charge in [-0.3, -0.25) is 9.59 Å². The minimum Gasteiger partial charge on any atom is -0.454 e. The second kappa shape index (κ2) is 11.2. The number of carbonyl (C=O) groups is 2. The molecule has 2 amide bonds. The van der Waals surface area contributed by atoms with E-state index in [0.717, 1.165) is 31.2 Å². The molecule has 2 aromatic carbocycles. The fraction of sp³-hybridized carbons (Fsp3) is 0.379. The summed E-state index contributed by atoms with van der Waals surface area (Å²) in [6.45, 7) is 3.35.